The van der Waals surface area contributed by atoms with Gasteiger partial charge in [-0.3, -0.25) is 0 Å². The predicted octanol–water partition coefficient (Wildman–Crippen LogP) is 4.50. The fourth-order valence-electron chi connectivity index (χ4n) is 2.12. The van der Waals surface area contributed by atoms with E-state index in [1.54, 1.807) is 18.4 Å². The molecule has 0 N–H and O–H groups in total. The molecule has 19 heavy (non-hydrogen) atoms. The summed E-state index contributed by atoms with van der Waals surface area (Å²) in [4.78, 5) is 0. The second kappa shape index (κ2) is 4.83. The van der Waals surface area contributed by atoms with Gasteiger partial charge in [0.25, 0.3) is 0 Å². The van der Waals surface area contributed by atoms with Crippen LogP contribution in [0, 0.1) is 11.3 Å². The van der Waals surface area contributed by atoms with E-state index in [1.807, 2.05) is 30.3 Å². The first kappa shape index (κ1) is 11.3. The second-order valence-corrected chi connectivity index (χ2v) is 4.22. The van der Waals surface area contributed by atoms with E-state index in [0.29, 0.717) is 11.3 Å². The average Bonchev–Trinajstić information content (AvgIpc) is 2.99. The van der Waals surface area contributed by atoms with E-state index in [0.717, 1.165) is 16.3 Å². The maximum atomic E-state index is 9.25. The average molecular weight is 245 g/mol. The maximum Gasteiger partial charge on any atom is 0.144 e. The van der Waals surface area contributed by atoms with Crippen LogP contribution in [0.4, 0.5) is 0 Å². The lowest BCUT2D eigenvalue weighted by Crippen LogP contribution is -1.81. The number of benzene rings is 2. The van der Waals surface area contributed by atoms with E-state index in [4.69, 9.17) is 4.42 Å². The molecule has 2 aromatic carbocycles. The number of allylic oxidation sites excluding steroid dienone is 1. The first-order valence-corrected chi connectivity index (χ1v) is 6.02. The van der Waals surface area contributed by atoms with Gasteiger partial charge in [-0.05, 0) is 34.5 Å². The maximum absolute atomic E-state index is 9.25. The third kappa shape index (κ3) is 2.14. The number of hydrogen-bond donors (Lipinski definition) is 0. The summed E-state index contributed by atoms with van der Waals surface area (Å²) in [7, 11) is 0. The van der Waals surface area contributed by atoms with Crippen LogP contribution >= 0.6 is 0 Å². The Kier molecular flexibility index (Phi) is 2.88. The standard InChI is InChI=1S/C17H11NO/c18-12-15(17-9-4-10-19-17)11-14-7-3-6-13-5-1-2-8-16(13)14/h1-11H/b15-11+. The lowest BCUT2D eigenvalue weighted by atomic mass is 10.0. The van der Waals surface area contributed by atoms with Crippen molar-refractivity contribution in [2.24, 2.45) is 0 Å². The molecule has 0 aliphatic carbocycles. The molecule has 0 saturated carbocycles. The molecular weight excluding hydrogens is 234 g/mol. The first-order valence-electron chi connectivity index (χ1n) is 6.02. The normalized spacial score (nSPS) is 11.4. The van der Waals surface area contributed by atoms with Crippen LogP contribution in [0.3, 0.4) is 0 Å². The van der Waals surface area contributed by atoms with Crippen molar-refractivity contribution in [3.05, 3.63) is 72.2 Å². The highest BCUT2D eigenvalue weighted by Gasteiger charge is 2.05. The summed E-state index contributed by atoms with van der Waals surface area (Å²) in [6.45, 7) is 0. The fraction of sp³-hybridized carbons (Fsp3) is 0. The molecule has 90 valence electrons. The van der Waals surface area contributed by atoms with Gasteiger partial charge in [0.05, 0.1) is 11.8 Å². The zero-order chi connectivity index (χ0) is 13.1. The van der Waals surface area contributed by atoms with E-state index in [1.165, 1.54) is 0 Å². The Hall–Kier alpha value is -2.79. The summed E-state index contributed by atoms with van der Waals surface area (Å²) in [6, 6.07) is 19.9. The number of rotatable bonds is 2. The van der Waals surface area contributed by atoms with Crippen LogP contribution in [0.25, 0.3) is 22.4 Å². The summed E-state index contributed by atoms with van der Waals surface area (Å²) >= 11 is 0. The highest BCUT2D eigenvalue weighted by Crippen LogP contribution is 2.24. The number of nitrogens with zero attached hydrogens (tertiary/aromatic N) is 1. The van der Waals surface area contributed by atoms with Gasteiger partial charge in [-0.15, -0.1) is 0 Å². The van der Waals surface area contributed by atoms with Crippen LogP contribution in [0.2, 0.25) is 0 Å². The van der Waals surface area contributed by atoms with Crippen LogP contribution in [-0.2, 0) is 0 Å². The van der Waals surface area contributed by atoms with Gasteiger partial charge in [-0.1, -0.05) is 42.5 Å². The highest BCUT2D eigenvalue weighted by atomic mass is 16.3. The van der Waals surface area contributed by atoms with E-state index in [2.05, 4.69) is 24.3 Å². The Morgan fingerprint density at radius 3 is 2.63 bits per heavy atom. The van der Waals surface area contributed by atoms with Crippen LogP contribution in [-0.4, -0.2) is 0 Å². The molecular formula is C17H11NO. The fourth-order valence-corrected chi connectivity index (χ4v) is 2.12. The highest BCUT2D eigenvalue weighted by molar-refractivity contribution is 5.97. The Labute approximate surface area is 111 Å². The van der Waals surface area contributed by atoms with Crippen molar-refractivity contribution in [2.45, 2.75) is 0 Å². The van der Waals surface area contributed by atoms with Gasteiger partial charge in [-0.2, -0.15) is 5.26 Å². The van der Waals surface area contributed by atoms with Crippen molar-refractivity contribution < 1.29 is 4.42 Å². The van der Waals surface area contributed by atoms with Crippen molar-refractivity contribution in [1.82, 2.24) is 0 Å². The lowest BCUT2D eigenvalue weighted by molar-refractivity contribution is 0.555. The van der Waals surface area contributed by atoms with Crippen LogP contribution < -0.4 is 0 Å². The molecule has 0 bridgehead atoms. The minimum atomic E-state index is 0.529. The third-order valence-corrected chi connectivity index (χ3v) is 3.03. The first-order chi connectivity index (χ1) is 9.38. The van der Waals surface area contributed by atoms with Gasteiger partial charge >= 0.3 is 0 Å². The summed E-state index contributed by atoms with van der Waals surface area (Å²) in [6.07, 6.45) is 3.44. The molecule has 0 spiro atoms. The largest absolute Gasteiger partial charge is 0.464 e. The molecule has 2 nitrogen and oxygen atoms in total. The van der Waals surface area contributed by atoms with Crippen molar-refractivity contribution in [3.8, 4) is 6.07 Å². The molecule has 0 unspecified atom stereocenters. The molecule has 0 atom stereocenters. The minimum Gasteiger partial charge on any atom is -0.464 e. The number of nitriles is 1. The summed E-state index contributed by atoms with van der Waals surface area (Å²) < 4.78 is 5.28. The van der Waals surface area contributed by atoms with E-state index < -0.39 is 0 Å². The Balaban J connectivity index is 2.18. The summed E-state index contributed by atoms with van der Waals surface area (Å²) in [5, 5.41) is 11.5. The van der Waals surface area contributed by atoms with Gasteiger partial charge in [-0.25, -0.2) is 0 Å². The van der Waals surface area contributed by atoms with Crippen LogP contribution in [0.5, 0.6) is 0 Å². The summed E-state index contributed by atoms with van der Waals surface area (Å²) in [5.41, 5.74) is 1.55. The van der Waals surface area contributed by atoms with Gasteiger partial charge in [0.1, 0.15) is 11.8 Å². The Bertz CT molecular complexity index is 771. The number of hydrogen-bond acceptors (Lipinski definition) is 2. The third-order valence-electron chi connectivity index (χ3n) is 3.03. The molecule has 0 aliphatic rings. The molecule has 0 radical (unpaired) electrons. The topological polar surface area (TPSA) is 36.9 Å². The number of furan rings is 1. The van der Waals surface area contributed by atoms with Crippen molar-refractivity contribution in [3.63, 3.8) is 0 Å². The van der Waals surface area contributed by atoms with Crippen molar-refractivity contribution >= 4 is 22.4 Å². The smallest absolute Gasteiger partial charge is 0.144 e. The molecule has 0 saturated heterocycles. The zero-order valence-corrected chi connectivity index (χ0v) is 10.2. The van der Waals surface area contributed by atoms with Gasteiger partial charge in [0.15, 0.2) is 0 Å². The minimum absolute atomic E-state index is 0.529. The molecule has 0 fully saturated rings. The molecule has 0 amide bonds. The predicted molar refractivity (Wildman–Crippen MR) is 76.1 cm³/mol. The van der Waals surface area contributed by atoms with Gasteiger partial charge in [0.2, 0.25) is 0 Å². The number of fused-ring (bicyclic) bond motifs is 1. The summed E-state index contributed by atoms with van der Waals surface area (Å²) in [5.74, 6) is 0.593. The molecule has 1 heterocycles. The van der Waals surface area contributed by atoms with Crippen LogP contribution in [0.1, 0.15) is 11.3 Å². The Morgan fingerprint density at radius 1 is 1.00 bits per heavy atom. The van der Waals surface area contributed by atoms with Gasteiger partial charge < -0.3 is 4.42 Å². The molecule has 2 heteroatoms. The molecule has 1 aromatic heterocycles. The SMILES string of the molecule is N#C/C(=C\c1cccc2ccccc12)c1ccco1. The molecule has 3 aromatic rings. The van der Waals surface area contributed by atoms with Crippen LogP contribution in [0.15, 0.2) is 65.3 Å². The van der Waals surface area contributed by atoms with Gasteiger partial charge in [0, 0.05) is 0 Å². The van der Waals surface area contributed by atoms with E-state index >= 15 is 0 Å². The molecule has 0 aliphatic heterocycles. The monoisotopic (exact) mass is 245 g/mol. The zero-order valence-electron chi connectivity index (χ0n) is 10.2. The van der Waals surface area contributed by atoms with Crippen molar-refractivity contribution in [1.29, 1.82) is 5.26 Å². The quantitative estimate of drug-likeness (QED) is 0.623. The van der Waals surface area contributed by atoms with E-state index in [9.17, 15) is 5.26 Å². The van der Waals surface area contributed by atoms with E-state index in [-0.39, 0.29) is 0 Å². The van der Waals surface area contributed by atoms with Crippen molar-refractivity contribution in [2.75, 3.05) is 0 Å². The second-order valence-electron chi connectivity index (χ2n) is 4.22. The molecule has 3 rings (SSSR count). The Morgan fingerprint density at radius 2 is 1.84 bits per heavy atom. The lowest BCUT2D eigenvalue weighted by Gasteiger charge is -2.02.